The first-order chi connectivity index (χ1) is 15.1. The summed E-state index contributed by atoms with van der Waals surface area (Å²) in [7, 11) is 0. The van der Waals surface area contributed by atoms with Crippen LogP contribution in [0.4, 0.5) is 9.59 Å². The molecule has 2 aromatic rings. The predicted molar refractivity (Wildman–Crippen MR) is 115 cm³/mol. The van der Waals surface area contributed by atoms with E-state index < -0.39 is 18.2 Å². The summed E-state index contributed by atoms with van der Waals surface area (Å²) in [6.45, 7) is 0.494. The Labute approximate surface area is 180 Å². The van der Waals surface area contributed by atoms with Gasteiger partial charge in [0.15, 0.2) is 5.96 Å². The number of hydrogen-bond acceptors (Lipinski definition) is 6. The van der Waals surface area contributed by atoms with E-state index in [4.69, 9.17) is 15.2 Å². The molecule has 0 saturated heterocycles. The van der Waals surface area contributed by atoms with Crippen LogP contribution in [0.1, 0.15) is 24.0 Å². The largest absolute Gasteiger partial charge is 0.445 e. The van der Waals surface area contributed by atoms with Crippen molar-refractivity contribution in [2.45, 2.75) is 32.1 Å². The Balaban J connectivity index is 1.62. The number of carbonyl (C=O) groups is 3. The molecule has 0 aliphatic heterocycles. The van der Waals surface area contributed by atoms with E-state index in [-0.39, 0.29) is 25.7 Å². The highest BCUT2D eigenvalue weighted by Gasteiger charge is 2.12. The van der Waals surface area contributed by atoms with Crippen molar-refractivity contribution in [1.29, 1.82) is 0 Å². The Hall–Kier alpha value is -3.88. The van der Waals surface area contributed by atoms with Gasteiger partial charge in [-0.15, -0.1) is 0 Å². The molecule has 0 unspecified atom stereocenters. The molecule has 0 spiro atoms. The number of nitrogens with two attached hydrogens (primary N) is 1. The molecule has 9 nitrogen and oxygen atoms in total. The average Bonchev–Trinajstić information content (AvgIpc) is 2.79. The van der Waals surface area contributed by atoms with Crippen LogP contribution < -0.4 is 16.4 Å². The summed E-state index contributed by atoms with van der Waals surface area (Å²) in [5.74, 6) is -0.0871. The van der Waals surface area contributed by atoms with E-state index in [1.165, 1.54) is 0 Å². The van der Waals surface area contributed by atoms with Crippen molar-refractivity contribution in [1.82, 2.24) is 10.6 Å². The van der Waals surface area contributed by atoms with Crippen molar-refractivity contribution >= 4 is 24.4 Å². The van der Waals surface area contributed by atoms with Gasteiger partial charge >= 0.3 is 12.2 Å². The summed E-state index contributed by atoms with van der Waals surface area (Å²) in [6.07, 6.45) is 0.0597. The molecule has 0 aromatic heterocycles. The predicted octanol–water partition coefficient (Wildman–Crippen LogP) is 2.50. The molecular weight excluding hydrogens is 400 g/mol. The number of aliphatic imine (C=N–C) groups is 1. The Morgan fingerprint density at radius 2 is 1.48 bits per heavy atom. The Bertz CT molecular complexity index is 859. The average molecular weight is 426 g/mol. The Morgan fingerprint density at radius 3 is 2.03 bits per heavy atom. The SMILES string of the molecule is NC(=NCCC[C@H](C=O)NC(=O)OCc1ccccc1)NC(=O)OCc1ccccc1. The number of ether oxygens (including phenoxy) is 2. The molecule has 1 atom stereocenters. The molecule has 0 radical (unpaired) electrons. The number of aldehydes is 1. The minimum Gasteiger partial charge on any atom is -0.445 e. The highest BCUT2D eigenvalue weighted by atomic mass is 16.6. The fourth-order valence-electron chi connectivity index (χ4n) is 2.50. The number of benzene rings is 2. The van der Waals surface area contributed by atoms with E-state index in [1.807, 2.05) is 60.7 Å². The first-order valence-electron chi connectivity index (χ1n) is 9.77. The number of amides is 2. The summed E-state index contributed by atoms with van der Waals surface area (Å²) in [4.78, 5) is 38.7. The van der Waals surface area contributed by atoms with Gasteiger partial charge < -0.3 is 25.3 Å². The lowest BCUT2D eigenvalue weighted by Crippen LogP contribution is -2.37. The summed E-state index contributed by atoms with van der Waals surface area (Å²) < 4.78 is 10.1. The van der Waals surface area contributed by atoms with E-state index in [1.54, 1.807) is 0 Å². The number of nitrogens with one attached hydrogen (secondary N) is 2. The van der Waals surface area contributed by atoms with Crippen molar-refractivity contribution in [2.75, 3.05) is 6.54 Å². The second-order valence-corrected chi connectivity index (χ2v) is 6.54. The topological polar surface area (TPSA) is 132 Å². The molecule has 0 heterocycles. The van der Waals surface area contributed by atoms with Crippen LogP contribution in [0.15, 0.2) is 65.7 Å². The first kappa shape index (κ1) is 23.4. The van der Waals surface area contributed by atoms with Gasteiger partial charge in [-0.3, -0.25) is 10.3 Å². The number of guanidine groups is 1. The molecule has 2 aromatic carbocycles. The van der Waals surface area contributed by atoms with Crippen molar-refractivity contribution in [3.8, 4) is 0 Å². The maximum Gasteiger partial charge on any atom is 0.414 e. The number of hydrogen-bond donors (Lipinski definition) is 3. The maximum absolute atomic E-state index is 11.8. The van der Waals surface area contributed by atoms with E-state index in [2.05, 4.69) is 15.6 Å². The summed E-state index contributed by atoms with van der Waals surface area (Å²) >= 11 is 0. The van der Waals surface area contributed by atoms with E-state index >= 15 is 0 Å². The van der Waals surface area contributed by atoms with Gasteiger partial charge in [0.05, 0.1) is 6.04 Å². The van der Waals surface area contributed by atoms with Crippen LogP contribution in [0.3, 0.4) is 0 Å². The van der Waals surface area contributed by atoms with Crippen LogP contribution in [0.2, 0.25) is 0 Å². The quantitative estimate of drug-likeness (QED) is 0.231. The zero-order valence-corrected chi connectivity index (χ0v) is 17.0. The minimum atomic E-state index is -0.710. The third kappa shape index (κ3) is 9.93. The van der Waals surface area contributed by atoms with Crippen LogP contribution >= 0.6 is 0 Å². The van der Waals surface area contributed by atoms with Crippen LogP contribution in [0.25, 0.3) is 0 Å². The van der Waals surface area contributed by atoms with Gasteiger partial charge in [-0.2, -0.15) is 0 Å². The first-order valence-corrected chi connectivity index (χ1v) is 9.77. The standard InChI is InChI=1S/C22H26N4O5/c23-20(26-22(29)31-16-18-10-5-2-6-11-18)24-13-7-12-19(14-27)25-21(28)30-15-17-8-3-1-4-9-17/h1-6,8-11,14,19H,7,12-13,15-16H2,(H,25,28)(H3,23,24,26,29)/t19-/m1/s1. The van der Waals surface area contributed by atoms with Gasteiger partial charge in [0, 0.05) is 6.54 Å². The zero-order valence-electron chi connectivity index (χ0n) is 17.0. The molecular formula is C22H26N4O5. The second kappa shape index (κ2) is 13.4. The number of alkyl carbamates (subject to hydrolysis) is 2. The van der Waals surface area contributed by atoms with Crippen LogP contribution in [-0.2, 0) is 27.5 Å². The number of rotatable bonds is 10. The molecule has 0 aliphatic carbocycles. The summed E-state index contributed by atoms with van der Waals surface area (Å²) in [5.41, 5.74) is 7.34. The van der Waals surface area contributed by atoms with Gasteiger partial charge in [-0.1, -0.05) is 60.7 Å². The zero-order chi connectivity index (χ0) is 22.3. The molecule has 2 rings (SSSR count). The maximum atomic E-state index is 11.8. The summed E-state index contributed by atoms with van der Waals surface area (Å²) in [6, 6.07) is 17.7. The van der Waals surface area contributed by atoms with E-state index in [9.17, 15) is 14.4 Å². The molecule has 0 fully saturated rings. The minimum absolute atomic E-state index is 0.0871. The Kier molecular flexibility index (Phi) is 10.1. The monoisotopic (exact) mass is 426 g/mol. The van der Waals surface area contributed by atoms with Crippen LogP contribution in [0, 0.1) is 0 Å². The van der Waals surface area contributed by atoms with Crippen LogP contribution in [0.5, 0.6) is 0 Å². The molecule has 2 amide bonds. The Morgan fingerprint density at radius 1 is 0.935 bits per heavy atom. The van der Waals surface area contributed by atoms with Gasteiger partial charge in [-0.25, -0.2) is 9.59 Å². The van der Waals surface area contributed by atoms with Crippen molar-refractivity contribution in [3.63, 3.8) is 0 Å². The van der Waals surface area contributed by atoms with Gasteiger partial charge in [0.2, 0.25) is 0 Å². The molecule has 0 aliphatic rings. The smallest absolute Gasteiger partial charge is 0.414 e. The fraction of sp³-hybridized carbons (Fsp3) is 0.273. The highest BCUT2D eigenvalue weighted by Crippen LogP contribution is 2.02. The molecule has 0 bridgehead atoms. The molecule has 9 heteroatoms. The molecule has 31 heavy (non-hydrogen) atoms. The number of nitrogens with zero attached hydrogens (tertiary/aromatic N) is 1. The number of carbonyl (C=O) groups excluding carboxylic acids is 3. The van der Waals surface area contributed by atoms with Gasteiger partial charge in [0.25, 0.3) is 0 Å². The fourth-order valence-corrected chi connectivity index (χ4v) is 2.50. The molecule has 4 N–H and O–H groups in total. The van der Waals surface area contributed by atoms with Gasteiger partial charge in [-0.05, 0) is 24.0 Å². The third-order valence-corrected chi connectivity index (χ3v) is 4.08. The van der Waals surface area contributed by atoms with E-state index in [0.29, 0.717) is 19.1 Å². The molecule has 164 valence electrons. The van der Waals surface area contributed by atoms with Crippen LogP contribution in [-0.4, -0.2) is 37.0 Å². The van der Waals surface area contributed by atoms with Crippen molar-refractivity contribution < 1.29 is 23.9 Å². The second-order valence-electron chi connectivity index (χ2n) is 6.54. The van der Waals surface area contributed by atoms with Crippen molar-refractivity contribution in [3.05, 3.63) is 71.8 Å². The lowest BCUT2D eigenvalue weighted by Gasteiger charge is -2.12. The van der Waals surface area contributed by atoms with E-state index in [0.717, 1.165) is 11.1 Å². The normalized spacial score (nSPS) is 11.8. The van der Waals surface area contributed by atoms with Crippen molar-refractivity contribution in [2.24, 2.45) is 10.7 Å². The lowest BCUT2D eigenvalue weighted by atomic mass is 10.2. The third-order valence-electron chi connectivity index (χ3n) is 4.08. The lowest BCUT2D eigenvalue weighted by molar-refractivity contribution is -0.109. The highest BCUT2D eigenvalue weighted by molar-refractivity contribution is 5.92. The molecule has 0 saturated carbocycles. The van der Waals surface area contributed by atoms with Gasteiger partial charge in [0.1, 0.15) is 19.5 Å². The summed E-state index contributed by atoms with van der Waals surface area (Å²) in [5, 5.41) is 4.81.